The van der Waals surface area contributed by atoms with Gasteiger partial charge in [-0.15, -0.1) is 20.4 Å². The van der Waals surface area contributed by atoms with Gasteiger partial charge in [-0.2, -0.15) is 0 Å². The van der Waals surface area contributed by atoms with Gasteiger partial charge in [0, 0.05) is 63.3 Å². The van der Waals surface area contributed by atoms with E-state index in [0.717, 1.165) is 64.2 Å². The Balaban J connectivity index is 0.000000186. The molecule has 0 bridgehead atoms. The summed E-state index contributed by atoms with van der Waals surface area (Å²) in [6.07, 6.45) is 13.0. The lowest BCUT2D eigenvalue weighted by Gasteiger charge is -2.26. The Bertz CT molecular complexity index is 2200. The summed E-state index contributed by atoms with van der Waals surface area (Å²) < 4.78 is 84.7. The van der Waals surface area contributed by atoms with Crippen molar-refractivity contribution in [1.29, 1.82) is 0 Å². The second-order valence-corrected chi connectivity index (χ2v) is 21.6. The topological polar surface area (TPSA) is 242 Å². The lowest BCUT2D eigenvalue weighted by molar-refractivity contribution is 0.00611. The van der Waals surface area contributed by atoms with Crippen LogP contribution in [0.4, 0.5) is 11.9 Å². The minimum absolute atomic E-state index is 0.177. The summed E-state index contributed by atoms with van der Waals surface area (Å²) in [4.78, 5) is 16.5. The summed E-state index contributed by atoms with van der Waals surface area (Å²) in [7, 11) is -4.98. The molecule has 2 aliphatic heterocycles. The molecule has 8 rings (SSSR count). The van der Waals surface area contributed by atoms with E-state index in [-0.39, 0.29) is 46.8 Å². The fourth-order valence-electron chi connectivity index (χ4n) is 7.62. The maximum absolute atomic E-state index is 13.2. The molecule has 4 aromatic heterocycles. The first-order chi connectivity index (χ1) is 29.5. The predicted molar refractivity (Wildman–Crippen MR) is 228 cm³/mol. The molecule has 0 aromatic carbocycles. The smallest absolute Gasteiger partial charge is 0.240 e. The lowest BCUT2D eigenvalue weighted by Crippen LogP contribution is -2.34. The number of ether oxygens (including phenoxy) is 4. The van der Waals surface area contributed by atoms with Crippen molar-refractivity contribution >= 4 is 55.1 Å². The Hall–Kier alpha value is -3.64. The summed E-state index contributed by atoms with van der Waals surface area (Å²) >= 11 is 11.7. The van der Waals surface area contributed by atoms with E-state index in [9.17, 15) is 16.8 Å². The Morgan fingerprint density at radius 1 is 0.645 bits per heavy atom. The second kappa shape index (κ2) is 18.8. The molecule has 4 aromatic rings. The van der Waals surface area contributed by atoms with Gasteiger partial charge in [-0.25, -0.2) is 36.8 Å². The molecule has 0 amide bonds. The molecule has 340 valence electrons. The highest BCUT2D eigenvalue weighted by molar-refractivity contribution is 7.93. The van der Waals surface area contributed by atoms with Gasteiger partial charge < -0.3 is 18.9 Å². The molecule has 2 N–H and O–H groups in total. The summed E-state index contributed by atoms with van der Waals surface area (Å²) in [5.74, 6) is 2.21. The third-order valence-corrected chi connectivity index (χ3v) is 15.7. The van der Waals surface area contributed by atoms with Crippen molar-refractivity contribution in [2.24, 2.45) is 0 Å². The fourth-order valence-corrected chi connectivity index (χ4v) is 10.1. The molecule has 4 fully saturated rings. The lowest BCUT2D eigenvalue weighted by atomic mass is 10.1. The molecule has 6 atom stereocenters. The number of hydrogen-bond acceptors (Lipinski definition) is 16. The molecule has 2 saturated heterocycles. The monoisotopic (exact) mass is 940 g/mol. The van der Waals surface area contributed by atoms with Gasteiger partial charge in [-0.05, 0) is 91.9 Å². The van der Waals surface area contributed by atoms with E-state index in [2.05, 4.69) is 63.6 Å². The van der Waals surface area contributed by atoms with Crippen LogP contribution >= 0.6 is 23.2 Å². The number of aromatic nitrogens is 10. The average Bonchev–Trinajstić information content (AvgIpc) is 4.09. The van der Waals surface area contributed by atoms with Crippen LogP contribution < -0.4 is 9.44 Å². The third kappa shape index (κ3) is 10.2. The van der Waals surface area contributed by atoms with Crippen molar-refractivity contribution in [3.63, 3.8) is 0 Å². The summed E-state index contributed by atoms with van der Waals surface area (Å²) in [5, 5.41) is 15.7. The zero-order valence-corrected chi connectivity index (χ0v) is 38.7. The summed E-state index contributed by atoms with van der Waals surface area (Å²) in [6.45, 7) is 8.57. The number of rotatable bonds is 16. The van der Waals surface area contributed by atoms with Crippen molar-refractivity contribution in [3.05, 3.63) is 58.1 Å². The highest BCUT2D eigenvalue weighted by Crippen LogP contribution is 2.48. The SMILES string of the molecule is CO[C@H](c1ncc(Cl)cn1)[C@H](C)S(=O)(=O)Nc1nnc([C@@H]2CCCCO2)n1C1(C)CC1.CO[C@H](c1ncc(Cl)cn1)[C@H](C)S(=O)(=O)Nc1nnc([C@H]2CCCCO2)n1C1(C)CC1. The second-order valence-electron chi connectivity index (χ2n) is 16.7. The van der Waals surface area contributed by atoms with Crippen LogP contribution in [0.25, 0.3) is 0 Å². The number of anilines is 2. The predicted octanol–water partition coefficient (Wildman–Crippen LogP) is 5.98. The molecule has 62 heavy (non-hydrogen) atoms. The molecule has 24 heteroatoms. The van der Waals surface area contributed by atoms with Gasteiger partial charge in [0.15, 0.2) is 23.3 Å². The molecular formula is C38H54Cl2N12O8S2. The van der Waals surface area contributed by atoms with E-state index >= 15 is 0 Å². The number of sulfonamides is 2. The standard InChI is InChI=1S/2C19H27ClN6O4S/c2*1-12(15(29-3)16-21-10-13(20)11-22-16)31(27,28)25-18-24-23-17(14-6-4-5-9-30-14)26(18)19(2)7-8-19/h2*10-12,14-15H,4-9H2,1-3H3,(H,24,25)/t12-,14+,15-;12-,14-,15-/m00/s1. The van der Waals surface area contributed by atoms with Gasteiger partial charge in [0.2, 0.25) is 31.9 Å². The van der Waals surface area contributed by atoms with Crippen LogP contribution in [0.5, 0.6) is 0 Å². The van der Waals surface area contributed by atoms with E-state index < -0.39 is 42.8 Å². The molecule has 0 unspecified atom stereocenters. The molecule has 0 radical (unpaired) electrons. The van der Waals surface area contributed by atoms with Crippen LogP contribution in [0.2, 0.25) is 10.0 Å². The van der Waals surface area contributed by atoms with Gasteiger partial charge >= 0.3 is 0 Å². The quantitative estimate of drug-likeness (QED) is 0.131. The highest BCUT2D eigenvalue weighted by Gasteiger charge is 2.47. The normalized spacial score (nSPS) is 22.6. The van der Waals surface area contributed by atoms with Crippen LogP contribution in [-0.4, -0.2) is 104 Å². The molecule has 4 aliphatic rings. The number of nitrogens with one attached hydrogen (secondary N) is 2. The van der Waals surface area contributed by atoms with Crippen LogP contribution in [-0.2, 0) is 50.1 Å². The van der Waals surface area contributed by atoms with Gasteiger partial charge in [0.1, 0.15) is 34.9 Å². The largest absolute Gasteiger partial charge is 0.372 e. The molecular weight excluding hydrogens is 888 g/mol. The Morgan fingerprint density at radius 3 is 1.29 bits per heavy atom. The molecule has 6 heterocycles. The first-order valence-electron chi connectivity index (χ1n) is 20.7. The number of hydrogen-bond donors (Lipinski definition) is 2. The van der Waals surface area contributed by atoms with E-state index in [1.807, 2.05) is 9.13 Å². The maximum atomic E-state index is 13.2. The zero-order valence-electron chi connectivity index (χ0n) is 35.6. The number of halogens is 2. The summed E-state index contributed by atoms with van der Waals surface area (Å²) in [5.41, 5.74) is -0.443. The Kier molecular flexibility index (Phi) is 14.1. The van der Waals surface area contributed by atoms with Crippen molar-refractivity contribution in [1.82, 2.24) is 49.5 Å². The third-order valence-electron chi connectivity index (χ3n) is 11.9. The number of methoxy groups -OCH3 is 2. The molecule has 2 saturated carbocycles. The van der Waals surface area contributed by atoms with E-state index in [0.29, 0.717) is 34.9 Å². The zero-order chi connectivity index (χ0) is 44.5. The van der Waals surface area contributed by atoms with Gasteiger partial charge in [-0.1, -0.05) is 23.2 Å². The van der Waals surface area contributed by atoms with Crippen LogP contribution in [0.3, 0.4) is 0 Å². The van der Waals surface area contributed by atoms with E-state index in [1.165, 1.54) is 39.0 Å². The van der Waals surface area contributed by atoms with Gasteiger partial charge in [-0.3, -0.25) is 18.6 Å². The molecule has 2 aliphatic carbocycles. The van der Waals surface area contributed by atoms with Crippen molar-refractivity contribution < 1.29 is 35.8 Å². The van der Waals surface area contributed by atoms with E-state index in [4.69, 9.17) is 42.1 Å². The van der Waals surface area contributed by atoms with Crippen molar-refractivity contribution in [2.45, 2.75) is 138 Å². The minimum Gasteiger partial charge on any atom is -0.372 e. The Labute approximate surface area is 371 Å². The first-order valence-corrected chi connectivity index (χ1v) is 24.5. The molecule has 0 spiro atoms. The van der Waals surface area contributed by atoms with Gasteiger partial charge in [0.05, 0.1) is 10.0 Å². The van der Waals surface area contributed by atoms with Gasteiger partial charge in [0.25, 0.3) is 0 Å². The van der Waals surface area contributed by atoms with Crippen molar-refractivity contribution in [3.8, 4) is 0 Å². The van der Waals surface area contributed by atoms with Crippen LogP contribution in [0.15, 0.2) is 24.8 Å². The minimum atomic E-state index is -3.91. The fraction of sp³-hybridized carbons (Fsp3) is 0.684. The van der Waals surface area contributed by atoms with E-state index in [1.54, 1.807) is 13.8 Å². The number of nitrogens with zero attached hydrogens (tertiary/aromatic N) is 10. The first kappa shape index (κ1) is 46.4. The Morgan fingerprint density at radius 2 is 1.00 bits per heavy atom. The molecule has 20 nitrogen and oxygen atoms in total. The van der Waals surface area contributed by atoms with Crippen LogP contribution in [0.1, 0.15) is 140 Å². The highest BCUT2D eigenvalue weighted by atomic mass is 35.5. The average molecular weight is 942 g/mol. The van der Waals surface area contributed by atoms with Crippen molar-refractivity contribution in [2.75, 3.05) is 36.9 Å². The summed E-state index contributed by atoms with van der Waals surface area (Å²) in [6, 6.07) is 0. The van der Waals surface area contributed by atoms with Crippen LogP contribution in [0, 0.1) is 0 Å². The maximum Gasteiger partial charge on any atom is 0.240 e.